The van der Waals surface area contributed by atoms with Crippen LogP contribution in [0.5, 0.6) is 5.75 Å². The van der Waals surface area contributed by atoms with Gasteiger partial charge < -0.3 is 15.8 Å². The summed E-state index contributed by atoms with van der Waals surface area (Å²) >= 11 is 0. The van der Waals surface area contributed by atoms with Gasteiger partial charge in [-0.05, 0) is 30.5 Å². The van der Waals surface area contributed by atoms with E-state index in [1.807, 2.05) is 0 Å². The molecule has 0 radical (unpaired) electrons. The molecule has 0 atom stereocenters. The fraction of sp³-hybridized carbons (Fsp3) is 0.462. The highest BCUT2D eigenvalue weighted by Crippen LogP contribution is 2.25. The van der Waals surface area contributed by atoms with Crippen LogP contribution in [-0.2, 0) is 0 Å². The van der Waals surface area contributed by atoms with Crippen molar-refractivity contribution in [3.8, 4) is 5.75 Å². The van der Waals surface area contributed by atoms with Crippen LogP contribution < -0.4 is 15.8 Å². The Morgan fingerprint density at radius 3 is 2.71 bits per heavy atom. The fourth-order valence-corrected chi connectivity index (χ4v) is 1.49. The van der Waals surface area contributed by atoms with E-state index in [1.165, 1.54) is 0 Å². The number of anilines is 1. The number of nitrogens with two attached hydrogens (primary N) is 1. The summed E-state index contributed by atoms with van der Waals surface area (Å²) in [7, 11) is 1.60. The van der Waals surface area contributed by atoms with Crippen LogP contribution in [0.25, 0.3) is 0 Å². The normalized spacial score (nSPS) is 10.4. The topological polar surface area (TPSA) is 64.3 Å². The molecule has 0 bridgehead atoms. The summed E-state index contributed by atoms with van der Waals surface area (Å²) in [6, 6.07) is 5.13. The van der Waals surface area contributed by atoms with Gasteiger partial charge in [-0.25, -0.2) is 0 Å². The standard InChI is InChI=1S/C13H20N2O2/c1-9(2)6-7-15-11-8-10(13(14)16)4-5-12(11)17-3/h4-5,8-9,15H,6-7H2,1-3H3,(H2,14,16). The summed E-state index contributed by atoms with van der Waals surface area (Å²) in [5.74, 6) is 0.922. The number of amides is 1. The van der Waals surface area contributed by atoms with Gasteiger partial charge in [0.1, 0.15) is 5.75 Å². The minimum absolute atomic E-state index is 0.431. The van der Waals surface area contributed by atoms with Gasteiger partial charge in [-0.15, -0.1) is 0 Å². The highest BCUT2D eigenvalue weighted by Gasteiger charge is 2.07. The zero-order valence-electron chi connectivity index (χ0n) is 10.6. The van der Waals surface area contributed by atoms with Crippen LogP contribution in [0.1, 0.15) is 30.6 Å². The molecule has 0 spiro atoms. The number of ether oxygens (including phenoxy) is 1. The molecular weight excluding hydrogens is 216 g/mol. The molecule has 0 aliphatic heterocycles. The Morgan fingerprint density at radius 1 is 1.47 bits per heavy atom. The van der Waals surface area contributed by atoms with Gasteiger partial charge in [0.15, 0.2) is 0 Å². The smallest absolute Gasteiger partial charge is 0.248 e. The van der Waals surface area contributed by atoms with Crippen LogP contribution in [0.3, 0.4) is 0 Å². The van der Waals surface area contributed by atoms with E-state index in [0.29, 0.717) is 11.5 Å². The van der Waals surface area contributed by atoms with Crippen molar-refractivity contribution >= 4 is 11.6 Å². The summed E-state index contributed by atoms with van der Waals surface area (Å²) in [6.07, 6.45) is 1.06. The lowest BCUT2D eigenvalue weighted by molar-refractivity contribution is 0.100. The zero-order valence-corrected chi connectivity index (χ0v) is 10.6. The minimum Gasteiger partial charge on any atom is -0.495 e. The second-order valence-corrected chi connectivity index (χ2v) is 4.39. The van der Waals surface area contributed by atoms with Gasteiger partial charge in [-0.1, -0.05) is 13.8 Å². The summed E-state index contributed by atoms with van der Waals surface area (Å²) in [6.45, 7) is 5.17. The second-order valence-electron chi connectivity index (χ2n) is 4.39. The third-order valence-electron chi connectivity index (χ3n) is 2.52. The Labute approximate surface area is 102 Å². The number of methoxy groups -OCH3 is 1. The number of carbonyl (C=O) groups is 1. The van der Waals surface area contributed by atoms with Gasteiger partial charge in [-0.2, -0.15) is 0 Å². The molecule has 0 aromatic heterocycles. The second kappa shape index (κ2) is 6.13. The van der Waals surface area contributed by atoms with E-state index in [2.05, 4.69) is 19.2 Å². The first-order valence-electron chi connectivity index (χ1n) is 5.76. The molecule has 0 heterocycles. The summed E-state index contributed by atoms with van der Waals surface area (Å²) < 4.78 is 5.22. The Kier molecular flexibility index (Phi) is 4.82. The molecule has 17 heavy (non-hydrogen) atoms. The van der Waals surface area contributed by atoms with Gasteiger partial charge in [0.2, 0.25) is 5.91 Å². The van der Waals surface area contributed by atoms with Crippen molar-refractivity contribution in [3.05, 3.63) is 23.8 Å². The highest BCUT2D eigenvalue weighted by atomic mass is 16.5. The first-order chi connectivity index (χ1) is 8.04. The third-order valence-corrected chi connectivity index (χ3v) is 2.52. The molecule has 0 unspecified atom stereocenters. The highest BCUT2D eigenvalue weighted by molar-refractivity contribution is 5.94. The van der Waals surface area contributed by atoms with Gasteiger partial charge in [-0.3, -0.25) is 4.79 Å². The maximum atomic E-state index is 11.1. The van der Waals surface area contributed by atoms with Crippen LogP contribution in [0.2, 0.25) is 0 Å². The molecule has 0 fully saturated rings. The number of nitrogens with one attached hydrogen (secondary N) is 1. The van der Waals surface area contributed by atoms with Crippen molar-refractivity contribution in [2.75, 3.05) is 19.0 Å². The number of hydrogen-bond donors (Lipinski definition) is 2. The molecule has 4 nitrogen and oxygen atoms in total. The average Bonchev–Trinajstić information content (AvgIpc) is 2.28. The average molecular weight is 236 g/mol. The lowest BCUT2D eigenvalue weighted by Crippen LogP contribution is -2.12. The molecule has 1 rings (SSSR count). The van der Waals surface area contributed by atoms with E-state index in [4.69, 9.17) is 10.5 Å². The first kappa shape index (κ1) is 13.4. The Hall–Kier alpha value is -1.71. The van der Waals surface area contributed by atoms with Crippen molar-refractivity contribution in [1.82, 2.24) is 0 Å². The first-order valence-corrected chi connectivity index (χ1v) is 5.76. The molecule has 1 aromatic rings. The third kappa shape index (κ3) is 3.98. The van der Waals surface area contributed by atoms with Crippen molar-refractivity contribution in [1.29, 1.82) is 0 Å². The zero-order chi connectivity index (χ0) is 12.8. The Balaban J connectivity index is 2.79. The minimum atomic E-state index is -0.431. The molecule has 0 aliphatic carbocycles. The lowest BCUT2D eigenvalue weighted by Gasteiger charge is -2.13. The van der Waals surface area contributed by atoms with E-state index in [1.54, 1.807) is 25.3 Å². The molecule has 0 saturated heterocycles. The summed E-state index contributed by atoms with van der Waals surface area (Å²) in [4.78, 5) is 11.1. The molecule has 4 heteroatoms. The van der Waals surface area contributed by atoms with Gasteiger partial charge in [0.05, 0.1) is 12.8 Å². The number of hydrogen-bond acceptors (Lipinski definition) is 3. The van der Waals surface area contributed by atoms with Gasteiger partial charge in [0, 0.05) is 12.1 Å². The largest absolute Gasteiger partial charge is 0.495 e. The van der Waals surface area contributed by atoms with Crippen LogP contribution in [0.15, 0.2) is 18.2 Å². The quantitative estimate of drug-likeness (QED) is 0.796. The molecule has 0 saturated carbocycles. The van der Waals surface area contributed by atoms with Crippen molar-refractivity contribution in [2.24, 2.45) is 11.7 Å². The van der Waals surface area contributed by atoms with Crippen molar-refractivity contribution in [3.63, 3.8) is 0 Å². The van der Waals surface area contributed by atoms with E-state index >= 15 is 0 Å². The molecule has 0 aliphatic rings. The molecule has 94 valence electrons. The predicted molar refractivity (Wildman–Crippen MR) is 69.5 cm³/mol. The van der Waals surface area contributed by atoms with Crippen LogP contribution in [0, 0.1) is 5.92 Å². The molecule has 3 N–H and O–H groups in total. The number of rotatable bonds is 6. The van der Waals surface area contributed by atoms with Gasteiger partial charge in [0.25, 0.3) is 0 Å². The summed E-state index contributed by atoms with van der Waals surface area (Å²) in [5, 5.41) is 3.26. The number of carbonyl (C=O) groups excluding carboxylic acids is 1. The maximum Gasteiger partial charge on any atom is 0.248 e. The molecular formula is C13H20N2O2. The number of primary amides is 1. The van der Waals surface area contributed by atoms with Crippen molar-refractivity contribution in [2.45, 2.75) is 20.3 Å². The van der Waals surface area contributed by atoms with Gasteiger partial charge >= 0.3 is 0 Å². The van der Waals surface area contributed by atoms with Crippen LogP contribution >= 0.6 is 0 Å². The van der Waals surface area contributed by atoms with E-state index in [-0.39, 0.29) is 0 Å². The lowest BCUT2D eigenvalue weighted by atomic mass is 10.1. The monoisotopic (exact) mass is 236 g/mol. The maximum absolute atomic E-state index is 11.1. The van der Waals surface area contributed by atoms with Crippen LogP contribution in [-0.4, -0.2) is 19.6 Å². The fourth-order valence-electron chi connectivity index (χ4n) is 1.49. The predicted octanol–water partition coefficient (Wildman–Crippen LogP) is 2.25. The Bertz CT molecular complexity index is 389. The van der Waals surface area contributed by atoms with Crippen LogP contribution in [0.4, 0.5) is 5.69 Å². The molecule has 1 amide bonds. The SMILES string of the molecule is COc1ccc(C(N)=O)cc1NCCC(C)C. The Morgan fingerprint density at radius 2 is 2.18 bits per heavy atom. The van der Waals surface area contributed by atoms with Crippen molar-refractivity contribution < 1.29 is 9.53 Å². The van der Waals surface area contributed by atoms with E-state index < -0.39 is 5.91 Å². The molecule has 1 aromatic carbocycles. The number of benzene rings is 1. The van der Waals surface area contributed by atoms with E-state index in [0.717, 1.165) is 24.4 Å². The summed E-state index contributed by atoms with van der Waals surface area (Å²) in [5.41, 5.74) is 6.54. The van der Waals surface area contributed by atoms with E-state index in [9.17, 15) is 4.79 Å².